The van der Waals surface area contributed by atoms with Crippen LogP contribution in [0, 0.1) is 0 Å². The second-order valence-electron chi connectivity index (χ2n) is 3.92. The molecule has 0 aliphatic heterocycles. The molecule has 86 valence electrons. The summed E-state index contributed by atoms with van der Waals surface area (Å²) in [6, 6.07) is 4.35. The highest BCUT2D eigenvalue weighted by molar-refractivity contribution is 7.17. The predicted molar refractivity (Wildman–Crippen MR) is 71.0 cm³/mol. The summed E-state index contributed by atoms with van der Waals surface area (Å²) in [6.45, 7) is 2.94. The lowest BCUT2D eigenvalue weighted by Crippen LogP contribution is -2.28. The fourth-order valence-corrected chi connectivity index (χ4v) is 2.52. The van der Waals surface area contributed by atoms with E-state index in [1.54, 1.807) is 11.3 Å². The van der Waals surface area contributed by atoms with Crippen molar-refractivity contribution < 1.29 is 0 Å². The summed E-state index contributed by atoms with van der Waals surface area (Å²) in [6.07, 6.45) is 4.01. The van der Waals surface area contributed by atoms with Gasteiger partial charge in [0.15, 0.2) is 0 Å². The van der Waals surface area contributed by atoms with E-state index in [0.717, 1.165) is 25.2 Å². The molecule has 0 amide bonds. The molecule has 0 aromatic carbocycles. The minimum absolute atomic E-state index is 0.209. The van der Waals surface area contributed by atoms with Crippen LogP contribution in [0.2, 0.25) is 0 Å². The zero-order valence-electron chi connectivity index (χ0n) is 9.44. The third-order valence-electron chi connectivity index (χ3n) is 2.57. The molecular weight excluding hydrogens is 218 g/mol. The normalized spacial score (nSPS) is 12.9. The number of pyridine rings is 1. The Hall–Kier alpha value is -1.13. The maximum absolute atomic E-state index is 5.96. The van der Waals surface area contributed by atoms with Crippen molar-refractivity contribution in [2.75, 3.05) is 11.9 Å². The molecule has 0 saturated carbocycles. The second kappa shape index (κ2) is 5.27. The second-order valence-corrected chi connectivity index (χ2v) is 4.87. The summed E-state index contributed by atoms with van der Waals surface area (Å²) in [4.78, 5) is 4.35. The molecule has 0 radical (unpaired) electrons. The third kappa shape index (κ3) is 2.51. The number of aromatic nitrogens is 1. The van der Waals surface area contributed by atoms with Gasteiger partial charge in [-0.05, 0) is 23.9 Å². The first kappa shape index (κ1) is 11.4. The molecule has 0 aliphatic rings. The van der Waals surface area contributed by atoms with Crippen LogP contribution in [0.3, 0.4) is 0 Å². The summed E-state index contributed by atoms with van der Waals surface area (Å²) < 4.78 is 1.27. The van der Waals surface area contributed by atoms with Crippen LogP contribution in [0.1, 0.15) is 19.8 Å². The minimum atomic E-state index is 0.209. The zero-order chi connectivity index (χ0) is 11.4. The van der Waals surface area contributed by atoms with Gasteiger partial charge >= 0.3 is 0 Å². The van der Waals surface area contributed by atoms with E-state index in [4.69, 9.17) is 5.73 Å². The largest absolute Gasteiger partial charge is 0.368 e. The van der Waals surface area contributed by atoms with Gasteiger partial charge < -0.3 is 11.1 Å². The molecule has 3 nitrogen and oxygen atoms in total. The molecule has 2 aromatic heterocycles. The number of nitrogens with one attached hydrogen (secondary N) is 1. The Morgan fingerprint density at radius 2 is 2.38 bits per heavy atom. The van der Waals surface area contributed by atoms with Crippen LogP contribution in [0.5, 0.6) is 0 Å². The van der Waals surface area contributed by atoms with Crippen molar-refractivity contribution in [3.63, 3.8) is 0 Å². The topological polar surface area (TPSA) is 50.9 Å². The van der Waals surface area contributed by atoms with Crippen LogP contribution < -0.4 is 11.1 Å². The molecule has 3 N–H and O–H groups in total. The molecule has 2 heterocycles. The molecule has 1 atom stereocenters. The Kier molecular flexibility index (Phi) is 3.74. The SMILES string of the molecule is CCCC(N)CNc1nccc2sccc12. The third-order valence-corrected chi connectivity index (χ3v) is 3.45. The molecule has 0 spiro atoms. The number of nitrogens with zero attached hydrogens (tertiary/aromatic N) is 1. The molecule has 16 heavy (non-hydrogen) atoms. The maximum Gasteiger partial charge on any atom is 0.134 e. The van der Waals surface area contributed by atoms with Crippen LogP contribution in [0.25, 0.3) is 10.1 Å². The van der Waals surface area contributed by atoms with E-state index in [1.807, 2.05) is 12.3 Å². The van der Waals surface area contributed by atoms with Gasteiger partial charge in [0.1, 0.15) is 5.82 Å². The number of thiophene rings is 1. The molecule has 0 saturated heterocycles. The lowest BCUT2D eigenvalue weighted by molar-refractivity contribution is 0.626. The molecule has 0 bridgehead atoms. The lowest BCUT2D eigenvalue weighted by atomic mass is 10.2. The Morgan fingerprint density at radius 1 is 1.50 bits per heavy atom. The molecule has 1 unspecified atom stereocenters. The van der Waals surface area contributed by atoms with Gasteiger partial charge in [-0.3, -0.25) is 0 Å². The fourth-order valence-electron chi connectivity index (χ4n) is 1.74. The highest BCUT2D eigenvalue weighted by Gasteiger charge is 2.05. The van der Waals surface area contributed by atoms with Crippen molar-refractivity contribution in [2.45, 2.75) is 25.8 Å². The lowest BCUT2D eigenvalue weighted by Gasteiger charge is -2.12. The van der Waals surface area contributed by atoms with Gasteiger partial charge in [0.2, 0.25) is 0 Å². The van der Waals surface area contributed by atoms with Gasteiger partial charge in [-0.2, -0.15) is 0 Å². The number of anilines is 1. The average Bonchev–Trinajstić information content (AvgIpc) is 2.75. The molecule has 0 fully saturated rings. The number of nitrogens with two attached hydrogens (primary N) is 1. The van der Waals surface area contributed by atoms with E-state index in [9.17, 15) is 0 Å². The quantitative estimate of drug-likeness (QED) is 0.838. The van der Waals surface area contributed by atoms with E-state index in [2.05, 4.69) is 28.7 Å². The van der Waals surface area contributed by atoms with Crippen molar-refractivity contribution >= 4 is 27.2 Å². The molecule has 2 aromatic rings. The fraction of sp³-hybridized carbons (Fsp3) is 0.417. The minimum Gasteiger partial charge on any atom is -0.368 e. The summed E-state index contributed by atoms with van der Waals surface area (Å²) in [7, 11) is 0. The predicted octanol–water partition coefficient (Wildman–Crippen LogP) is 2.84. The van der Waals surface area contributed by atoms with Gasteiger partial charge in [-0.1, -0.05) is 13.3 Å². The summed E-state index contributed by atoms with van der Waals surface area (Å²) >= 11 is 1.73. The first-order valence-corrected chi connectivity index (χ1v) is 6.51. The molecular formula is C12H17N3S. The Morgan fingerprint density at radius 3 is 3.19 bits per heavy atom. The van der Waals surface area contributed by atoms with Crippen molar-refractivity contribution in [3.8, 4) is 0 Å². The van der Waals surface area contributed by atoms with Crippen LogP contribution in [-0.4, -0.2) is 17.6 Å². The summed E-state index contributed by atoms with van der Waals surface area (Å²) in [5.41, 5.74) is 5.96. The first-order valence-electron chi connectivity index (χ1n) is 5.63. The highest BCUT2D eigenvalue weighted by Crippen LogP contribution is 2.25. The number of fused-ring (bicyclic) bond motifs is 1. The van der Waals surface area contributed by atoms with Crippen LogP contribution in [0.4, 0.5) is 5.82 Å². The van der Waals surface area contributed by atoms with Gasteiger partial charge in [0.05, 0.1) is 0 Å². The van der Waals surface area contributed by atoms with Gasteiger partial charge in [-0.15, -0.1) is 11.3 Å². The highest BCUT2D eigenvalue weighted by atomic mass is 32.1. The monoisotopic (exact) mass is 235 g/mol. The average molecular weight is 235 g/mol. The summed E-state index contributed by atoms with van der Waals surface area (Å²) in [5, 5.41) is 6.61. The van der Waals surface area contributed by atoms with Crippen molar-refractivity contribution in [1.29, 1.82) is 0 Å². The van der Waals surface area contributed by atoms with E-state index >= 15 is 0 Å². The Balaban J connectivity index is 2.06. The first-order chi connectivity index (χ1) is 7.81. The van der Waals surface area contributed by atoms with Crippen molar-refractivity contribution in [3.05, 3.63) is 23.7 Å². The van der Waals surface area contributed by atoms with Gasteiger partial charge in [-0.25, -0.2) is 4.98 Å². The standard InChI is InChI=1S/C12H17N3S/c1-2-3-9(13)8-15-12-10-5-7-16-11(10)4-6-14-12/h4-7,9H,2-3,8,13H2,1H3,(H,14,15). The van der Waals surface area contributed by atoms with Gasteiger partial charge in [0, 0.05) is 28.9 Å². The molecule has 4 heteroatoms. The van der Waals surface area contributed by atoms with E-state index < -0.39 is 0 Å². The van der Waals surface area contributed by atoms with Crippen LogP contribution >= 0.6 is 11.3 Å². The van der Waals surface area contributed by atoms with E-state index in [-0.39, 0.29) is 6.04 Å². The van der Waals surface area contributed by atoms with E-state index in [0.29, 0.717) is 0 Å². The number of rotatable bonds is 5. The Labute approximate surface area is 99.7 Å². The summed E-state index contributed by atoms with van der Waals surface area (Å²) in [5.74, 6) is 0.949. The maximum atomic E-state index is 5.96. The zero-order valence-corrected chi connectivity index (χ0v) is 10.3. The smallest absolute Gasteiger partial charge is 0.134 e. The van der Waals surface area contributed by atoms with Crippen LogP contribution in [0.15, 0.2) is 23.7 Å². The number of hydrogen-bond acceptors (Lipinski definition) is 4. The number of hydrogen-bond donors (Lipinski definition) is 2. The van der Waals surface area contributed by atoms with Crippen molar-refractivity contribution in [2.24, 2.45) is 5.73 Å². The Bertz CT molecular complexity index is 452. The van der Waals surface area contributed by atoms with Gasteiger partial charge in [0.25, 0.3) is 0 Å². The van der Waals surface area contributed by atoms with E-state index in [1.165, 1.54) is 10.1 Å². The molecule has 2 rings (SSSR count). The molecule has 0 aliphatic carbocycles. The van der Waals surface area contributed by atoms with Crippen LogP contribution in [-0.2, 0) is 0 Å². The van der Waals surface area contributed by atoms with Crippen molar-refractivity contribution in [1.82, 2.24) is 4.98 Å².